The van der Waals surface area contributed by atoms with Crippen LogP contribution < -0.4 is 10.7 Å². The molecule has 0 spiro atoms. The summed E-state index contributed by atoms with van der Waals surface area (Å²) in [6, 6.07) is 9.83. The van der Waals surface area contributed by atoms with E-state index in [0.29, 0.717) is 10.7 Å². The highest BCUT2D eigenvalue weighted by Gasteiger charge is 2.37. The molecule has 1 atom stereocenters. The first-order valence-corrected chi connectivity index (χ1v) is 10.5. The van der Waals surface area contributed by atoms with Crippen molar-refractivity contribution in [2.45, 2.75) is 20.3 Å². The highest BCUT2D eigenvalue weighted by atomic mass is 35.5. The molecule has 8 nitrogen and oxygen atoms in total. The number of hydrazine groups is 1. The van der Waals surface area contributed by atoms with Gasteiger partial charge >= 0.3 is 5.97 Å². The van der Waals surface area contributed by atoms with Crippen LogP contribution in [0.4, 0.5) is 5.69 Å². The molecule has 2 aromatic carbocycles. The van der Waals surface area contributed by atoms with Crippen molar-refractivity contribution in [3.8, 4) is 0 Å². The van der Waals surface area contributed by atoms with Gasteiger partial charge in [-0.25, -0.2) is 0 Å². The Bertz CT molecular complexity index is 1090. The number of hydrogen-bond donors (Lipinski definition) is 2. The Hall–Kier alpha value is -3.10. The highest BCUT2D eigenvalue weighted by Crippen LogP contribution is 2.23. The third kappa shape index (κ3) is 5.57. The minimum Gasteiger partial charge on any atom is -0.455 e. The van der Waals surface area contributed by atoms with Crippen LogP contribution in [0.2, 0.25) is 10.0 Å². The number of carbonyl (C=O) groups excluding carboxylic acids is 4. The second-order valence-electron chi connectivity index (χ2n) is 7.37. The van der Waals surface area contributed by atoms with E-state index in [0.717, 1.165) is 16.1 Å². The quantitative estimate of drug-likeness (QED) is 0.621. The molecule has 0 aliphatic carbocycles. The van der Waals surface area contributed by atoms with Gasteiger partial charge in [0.2, 0.25) is 5.91 Å². The van der Waals surface area contributed by atoms with Gasteiger partial charge in [-0.05, 0) is 49.2 Å². The molecule has 2 aromatic rings. The van der Waals surface area contributed by atoms with E-state index in [1.807, 2.05) is 26.0 Å². The van der Waals surface area contributed by atoms with Crippen molar-refractivity contribution in [1.82, 2.24) is 10.4 Å². The number of benzene rings is 2. The average molecular weight is 478 g/mol. The number of carbonyl (C=O) groups is 4. The van der Waals surface area contributed by atoms with Crippen LogP contribution in [0.25, 0.3) is 0 Å². The van der Waals surface area contributed by atoms with Gasteiger partial charge in [-0.2, -0.15) is 0 Å². The number of nitrogens with zero attached hydrogens (tertiary/aromatic N) is 1. The largest absolute Gasteiger partial charge is 0.455 e. The molecular formula is C22H21Cl2N3O5. The van der Waals surface area contributed by atoms with Crippen LogP contribution in [0.15, 0.2) is 36.4 Å². The molecule has 1 fully saturated rings. The van der Waals surface area contributed by atoms with Gasteiger partial charge in [-0.15, -0.1) is 0 Å². The number of halogens is 2. The Morgan fingerprint density at radius 3 is 2.62 bits per heavy atom. The Morgan fingerprint density at radius 2 is 1.91 bits per heavy atom. The first-order valence-electron chi connectivity index (χ1n) is 9.75. The van der Waals surface area contributed by atoms with Gasteiger partial charge in [0.1, 0.15) is 0 Å². The number of anilines is 1. The van der Waals surface area contributed by atoms with E-state index in [1.165, 1.54) is 18.2 Å². The van der Waals surface area contributed by atoms with Crippen molar-refractivity contribution >= 4 is 52.6 Å². The smallest absolute Gasteiger partial charge is 0.311 e. The predicted molar refractivity (Wildman–Crippen MR) is 119 cm³/mol. The van der Waals surface area contributed by atoms with Crippen LogP contribution in [-0.2, 0) is 19.1 Å². The van der Waals surface area contributed by atoms with Crippen molar-refractivity contribution in [1.29, 1.82) is 0 Å². The van der Waals surface area contributed by atoms with Crippen molar-refractivity contribution < 1.29 is 23.9 Å². The number of amides is 3. The number of hydrogen-bond acceptors (Lipinski definition) is 5. The minimum absolute atomic E-state index is 0.0762. The third-order valence-electron chi connectivity index (χ3n) is 5.09. The lowest BCUT2D eigenvalue weighted by atomic mass is 10.1. The summed E-state index contributed by atoms with van der Waals surface area (Å²) in [6.07, 6.45) is -0.147. The van der Waals surface area contributed by atoms with Crippen LogP contribution in [0, 0.1) is 19.8 Å². The molecule has 10 heteroatoms. The van der Waals surface area contributed by atoms with Gasteiger partial charge in [0.15, 0.2) is 6.61 Å². The topological polar surface area (TPSA) is 105 Å². The summed E-state index contributed by atoms with van der Waals surface area (Å²) in [4.78, 5) is 49.1. The van der Waals surface area contributed by atoms with E-state index >= 15 is 0 Å². The van der Waals surface area contributed by atoms with E-state index in [2.05, 4.69) is 10.7 Å². The lowest BCUT2D eigenvalue weighted by Gasteiger charge is -2.18. The summed E-state index contributed by atoms with van der Waals surface area (Å²) in [7, 11) is 0. The number of esters is 1. The molecular weight excluding hydrogens is 457 g/mol. The van der Waals surface area contributed by atoms with Gasteiger partial charge in [0.25, 0.3) is 11.8 Å². The molecule has 0 unspecified atom stereocenters. The predicted octanol–water partition coefficient (Wildman–Crippen LogP) is 3.29. The van der Waals surface area contributed by atoms with Gasteiger partial charge in [-0.3, -0.25) is 29.6 Å². The second kappa shape index (κ2) is 10.0. The van der Waals surface area contributed by atoms with E-state index in [4.69, 9.17) is 27.9 Å². The lowest BCUT2D eigenvalue weighted by Crippen LogP contribution is -2.43. The van der Waals surface area contributed by atoms with Gasteiger partial charge in [-0.1, -0.05) is 35.3 Å². The Labute approximate surface area is 194 Å². The van der Waals surface area contributed by atoms with Crippen LogP contribution in [0.1, 0.15) is 27.9 Å². The summed E-state index contributed by atoms with van der Waals surface area (Å²) < 4.78 is 5.07. The first kappa shape index (κ1) is 23.6. The molecule has 0 saturated carbocycles. The third-order valence-corrected chi connectivity index (χ3v) is 5.64. The van der Waals surface area contributed by atoms with Crippen LogP contribution in [0.5, 0.6) is 0 Å². The normalized spacial score (nSPS) is 15.4. The van der Waals surface area contributed by atoms with E-state index in [-0.39, 0.29) is 23.6 Å². The monoisotopic (exact) mass is 477 g/mol. The van der Waals surface area contributed by atoms with Crippen LogP contribution >= 0.6 is 23.2 Å². The zero-order chi connectivity index (χ0) is 23.4. The summed E-state index contributed by atoms with van der Waals surface area (Å²) in [5, 5.41) is 4.23. The minimum atomic E-state index is -0.808. The molecule has 168 valence electrons. The first-order chi connectivity index (χ1) is 15.2. The van der Waals surface area contributed by atoms with Crippen molar-refractivity contribution in [3.63, 3.8) is 0 Å². The maximum absolute atomic E-state index is 12.4. The van der Waals surface area contributed by atoms with Gasteiger partial charge < -0.3 is 10.1 Å². The maximum Gasteiger partial charge on any atom is 0.311 e. The molecule has 1 saturated heterocycles. The summed E-state index contributed by atoms with van der Waals surface area (Å²) in [6.45, 7) is 3.24. The molecule has 1 aliphatic rings. The summed E-state index contributed by atoms with van der Waals surface area (Å²) >= 11 is 11.8. The number of nitrogens with one attached hydrogen (secondary N) is 2. The fourth-order valence-corrected chi connectivity index (χ4v) is 3.65. The lowest BCUT2D eigenvalue weighted by molar-refractivity contribution is -0.151. The fraction of sp³-hybridized carbons (Fsp3) is 0.273. The van der Waals surface area contributed by atoms with Crippen LogP contribution in [-0.4, -0.2) is 41.9 Å². The van der Waals surface area contributed by atoms with E-state index in [1.54, 1.807) is 6.07 Å². The average Bonchev–Trinajstić information content (AvgIpc) is 3.10. The summed E-state index contributed by atoms with van der Waals surface area (Å²) in [5.74, 6) is -3.06. The molecule has 0 bridgehead atoms. The molecule has 0 radical (unpaired) electrons. The van der Waals surface area contributed by atoms with Crippen molar-refractivity contribution in [2.24, 2.45) is 5.92 Å². The molecule has 0 aromatic heterocycles. The van der Waals surface area contributed by atoms with Gasteiger partial charge in [0, 0.05) is 17.1 Å². The highest BCUT2D eigenvalue weighted by molar-refractivity contribution is 6.36. The molecule has 3 amide bonds. The molecule has 32 heavy (non-hydrogen) atoms. The zero-order valence-corrected chi connectivity index (χ0v) is 18.9. The van der Waals surface area contributed by atoms with E-state index in [9.17, 15) is 19.2 Å². The van der Waals surface area contributed by atoms with Crippen molar-refractivity contribution in [2.75, 3.05) is 18.5 Å². The zero-order valence-electron chi connectivity index (χ0n) is 17.4. The number of rotatable bonds is 6. The van der Waals surface area contributed by atoms with Gasteiger partial charge in [0.05, 0.1) is 23.0 Å². The molecule has 1 aliphatic heterocycles. The number of aryl methyl sites for hydroxylation is 1. The molecule has 3 rings (SSSR count). The SMILES string of the molecule is Cc1cccc(NC(=O)COC(=O)[C@H]2CC(=O)N(NC(=O)c3ccc(Cl)cc3Cl)C2)c1C. The Morgan fingerprint density at radius 1 is 1.16 bits per heavy atom. The number of ether oxygens (including phenoxy) is 1. The van der Waals surface area contributed by atoms with Crippen molar-refractivity contribution in [3.05, 3.63) is 63.1 Å². The van der Waals surface area contributed by atoms with Crippen LogP contribution in [0.3, 0.4) is 0 Å². The fourth-order valence-electron chi connectivity index (χ4n) is 3.16. The van der Waals surface area contributed by atoms with E-state index < -0.39 is 36.2 Å². The second-order valence-corrected chi connectivity index (χ2v) is 8.22. The Balaban J connectivity index is 1.51. The molecule has 2 N–H and O–H groups in total. The summed E-state index contributed by atoms with van der Waals surface area (Å²) in [5.41, 5.74) is 5.14. The molecule has 1 heterocycles. The standard InChI is InChI=1S/C22H21Cl2N3O5/c1-12-4-3-5-18(13(12)2)25-19(28)11-32-22(31)14-8-20(29)27(10-14)26-21(30)16-7-6-15(23)9-17(16)24/h3-7,9,14H,8,10-11H2,1-2H3,(H,25,28)(H,26,30)/t14-/m0/s1. The maximum atomic E-state index is 12.4. The Kier molecular flexibility index (Phi) is 7.37.